The van der Waals surface area contributed by atoms with Crippen molar-refractivity contribution >= 4 is 11.5 Å². The molecule has 1 saturated heterocycles. The standard InChI is InChI=1S/C25H34N2O3/c1-24-10-9-21-18(5-8-22-25(21,2)15-30-14-23(28)27(22)3)20(24)7-6-19(24)16-11-17(29-4)13-26-12-16/h6,11-13,18,20-22H,5,7-10,14-15H2,1-4H3. The first-order chi connectivity index (χ1) is 14.4. The second-order valence-corrected chi connectivity index (χ2v) is 10.4. The molecule has 5 rings (SSSR count). The summed E-state index contributed by atoms with van der Waals surface area (Å²) in [6.45, 7) is 5.80. The molecule has 0 bridgehead atoms. The van der Waals surface area contributed by atoms with Gasteiger partial charge in [0.1, 0.15) is 12.4 Å². The number of hydrogen-bond acceptors (Lipinski definition) is 4. The number of amides is 1. The maximum Gasteiger partial charge on any atom is 0.248 e. The van der Waals surface area contributed by atoms with Crippen LogP contribution in [0.2, 0.25) is 0 Å². The summed E-state index contributed by atoms with van der Waals surface area (Å²) in [6.07, 6.45) is 12.1. The fourth-order valence-corrected chi connectivity index (χ4v) is 7.60. The second kappa shape index (κ2) is 7.08. The molecule has 3 fully saturated rings. The van der Waals surface area contributed by atoms with Gasteiger partial charge >= 0.3 is 0 Å². The summed E-state index contributed by atoms with van der Waals surface area (Å²) in [4.78, 5) is 18.9. The van der Waals surface area contributed by atoms with Gasteiger partial charge in [-0.2, -0.15) is 0 Å². The smallest absolute Gasteiger partial charge is 0.248 e. The maximum absolute atomic E-state index is 12.4. The van der Waals surface area contributed by atoms with Crippen LogP contribution in [0, 0.1) is 28.6 Å². The van der Waals surface area contributed by atoms with Gasteiger partial charge in [0.05, 0.1) is 19.9 Å². The molecule has 4 aliphatic rings. The second-order valence-electron chi connectivity index (χ2n) is 10.4. The Labute approximate surface area is 179 Å². The molecule has 3 aliphatic carbocycles. The number of rotatable bonds is 2. The molecule has 30 heavy (non-hydrogen) atoms. The van der Waals surface area contributed by atoms with Crippen molar-refractivity contribution in [1.82, 2.24) is 9.88 Å². The highest BCUT2D eigenvalue weighted by molar-refractivity contribution is 5.78. The van der Waals surface area contributed by atoms with Gasteiger partial charge in [-0.3, -0.25) is 9.78 Å². The lowest BCUT2D eigenvalue weighted by molar-refractivity contribution is -0.137. The summed E-state index contributed by atoms with van der Waals surface area (Å²) < 4.78 is 11.4. The van der Waals surface area contributed by atoms with Crippen molar-refractivity contribution in [2.75, 3.05) is 27.4 Å². The highest BCUT2D eigenvalue weighted by Gasteiger charge is 2.59. The average molecular weight is 411 g/mol. The molecule has 162 valence electrons. The van der Waals surface area contributed by atoms with Crippen molar-refractivity contribution in [1.29, 1.82) is 0 Å². The monoisotopic (exact) mass is 410 g/mol. The number of fused-ring (bicyclic) bond motifs is 5. The lowest BCUT2D eigenvalue weighted by Gasteiger charge is -2.59. The van der Waals surface area contributed by atoms with Gasteiger partial charge in [-0.15, -0.1) is 0 Å². The van der Waals surface area contributed by atoms with Crippen LogP contribution in [0.4, 0.5) is 0 Å². The Morgan fingerprint density at radius 1 is 1.20 bits per heavy atom. The minimum Gasteiger partial charge on any atom is -0.495 e. The molecule has 2 heterocycles. The first-order valence-electron chi connectivity index (χ1n) is 11.4. The number of pyridine rings is 1. The number of nitrogens with zero attached hydrogens (tertiary/aromatic N) is 2. The van der Waals surface area contributed by atoms with Crippen LogP contribution in [0.15, 0.2) is 24.5 Å². The van der Waals surface area contributed by atoms with E-state index in [9.17, 15) is 4.79 Å². The molecule has 5 heteroatoms. The summed E-state index contributed by atoms with van der Waals surface area (Å²) >= 11 is 0. The largest absolute Gasteiger partial charge is 0.495 e. The molecule has 2 saturated carbocycles. The topological polar surface area (TPSA) is 51.7 Å². The van der Waals surface area contributed by atoms with E-state index < -0.39 is 0 Å². The van der Waals surface area contributed by atoms with Crippen LogP contribution in [0.5, 0.6) is 5.75 Å². The molecule has 6 unspecified atom stereocenters. The zero-order valence-corrected chi connectivity index (χ0v) is 18.7. The van der Waals surface area contributed by atoms with Crippen LogP contribution in [0.25, 0.3) is 5.57 Å². The van der Waals surface area contributed by atoms with E-state index in [1.165, 1.54) is 30.4 Å². The van der Waals surface area contributed by atoms with E-state index in [4.69, 9.17) is 9.47 Å². The Morgan fingerprint density at radius 2 is 2.03 bits per heavy atom. The Balaban J connectivity index is 1.45. The van der Waals surface area contributed by atoms with E-state index in [0.29, 0.717) is 30.4 Å². The predicted molar refractivity (Wildman–Crippen MR) is 116 cm³/mol. The maximum atomic E-state index is 12.4. The molecule has 0 aromatic carbocycles. The van der Waals surface area contributed by atoms with Crippen molar-refractivity contribution in [3.63, 3.8) is 0 Å². The van der Waals surface area contributed by atoms with Gasteiger partial charge in [0, 0.05) is 24.7 Å². The Kier molecular flexibility index (Phi) is 4.73. The number of ether oxygens (including phenoxy) is 2. The number of carbonyl (C=O) groups excluding carboxylic acids is 1. The fourth-order valence-electron chi connectivity index (χ4n) is 7.60. The lowest BCUT2D eigenvalue weighted by Crippen LogP contribution is -2.58. The molecule has 6 atom stereocenters. The summed E-state index contributed by atoms with van der Waals surface area (Å²) in [5.74, 6) is 2.91. The normalized spacial score (nSPS) is 40.7. The molecular formula is C25H34N2O3. The van der Waals surface area contributed by atoms with Crippen molar-refractivity contribution in [2.24, 2.45) is 28.6 Å². The molecular weight excluding hydrogens is 376 g/mol. The van der Waals surface area contributed by atoms with Gasteiger partial charge in [-0.05, 0) is 72.5 Å². The highest BCUT2D eigenvalue weighted by Crippen LogP contribution is 2.65. The van der Waals surface area contributed by atoms with E-state index >= 15 is 0 Å². The lowest BCUT2D eigenvalue weighted by atomic mass is 9.48. The van der Waals surface area contributed by atoms with E-state index in [-0.39, 0.29) is 23.3 Å². The molecule has 1 aromatic rings. The number of hydrogen-bond donors (Lipinski definition) is 0. The summed E-state index contributed by atoms with van der Waals surface area (Å²) in [7, 11) is 3.69. The molecule has 5 nitrogen and oxygen atoms in total. The molecule has 1 aliphatic heterocycles. The molecule has 0 N–H and O–H groups in total. The van der Waals surface area contributed by atoms with Crippen LogP contribution in [0.3, 0.4) is 0 Å². The van der Waals surface area contributed by atoms with Gasteiger partial charge in [-0.1, -0.05) is 19.9 Å². The van der Waals surface area contributed by atoms with Crippen LogP contribution < -0.4 is 4.74 Å². The van der Waals surface area contributed by atoms with Gasteiger partial charge in [-0.25, -0.2) is 0 Å². The molecule has 1 aromatic heterocycles. The third-order valence-corrected chi connectivity index (χ3v) is 9.16. The molecule has 0 radical (unpaired) electrons. The number of carbonyl (C=O) groups is 1. The van der Waals surface area contributed by atoms with Crippen molar-refractivity contribution in [2.45, 2.75) is 52.0 Å². The van der Waals surface area contributed by atoms with E-state index in [2.05, 4.69) is 31.0 Å². The average Bonchev–Trinajstić information content (AvgIpc) is 3.05. The Bertz CT molecular complexity index is 883. The third kappa shape index (κ3) is 2.77. The van der Waals surface area contributed by atoms with E-state index in [1.807, 2.05) is 18.1 Å². The number of likely N-dealkylation sites (N-methyl/N-ethyl adjacent to an activating group) is 1. The first-order valence-corrected chi connectivity index (χ1v) is 11.4. The van der Waals surface area contributed by atoms with Crippen LogP contribution in [-0.2, 0) is 9.53 Å². The number of methoxy groups -OCH3 is 1. The third-order valence-electron chi connectivity index (χ3n) is 9.16. The highest BCUT2D eigenvalue weighted by atomic mass is 16.5. The van der Waals surface area contributed by atoms with Crippen molar-refractivity contribution in [3.8, 4) is 5.75 Å². The zero-order chi connectivity index (χ0) is 21.1. The van der Waals surface area contributed by atoms with E-state index in [1.54, 1.807) is 13.3 Å². The van der Waals surface area contributed by atoms with Crippen molar-refractivity contribution in [3.05, 3.63) is 30.1 Å². The number of allylic oxidation sites excluding steroid dienone is 2. The SMILES string of the molecule is COc1cncc(C2=CCC3C4CCC5N(C)C(=O)COCC5(C)C4CCC23C)c1. The zero-order valence-electron chi connectivity index (χ0n) is 18.7. The van der Waals surface area contributed by atoms with Gasteiger partial charge < -0.3 is 14.4 Å². The van der Waals surface area contributed by atoms with Gasteiger partial charge in [0.25, 0.3) is 0 Å². The van der Waals surface area contributed by atoms with Gasteiger partial charge in [0.2, 0.25) is 5.91 Å². The minimum atomic E-state index is 0.0471. The van der Waals surface area contributed by atoms with Crippen LogP contribution in [-0.4, -0.2) is 49.2 Å². The quantitative estimate of drug-likeness (QED) is 0.734. The minimum absolute atomic E-state index is 0.0471. The summed E-state index contributed by atoms with van der Waals surface area (Å²) in [6, 6.07) is 2.44. The van der Waals surface area contributed by atoms with Crippen molar-refractivity contribution < 1.29 is 14.3 Å². The van der Waals surface area contributed by atoms with E-state index in [0.717, 1.165) is 18.6 Å². The molecule has 0 spiro atoms. The van der Waals surface area contributed by atoms with Crippen LogP contribution >= 0.6 is 0 Å². The predicted octanol–water partition coefficient (Wildman–Crippen LogP) is 4.18. The van der Waals surface area contributed by atoms with Gasteiger partial charge in [0.15, 0.2) is 0 Å². The number of aromatic nitrogens is 1. The van der Waals surface area contributed by atoms with Crippen LogP contribution in [0.1, 0.15) is 51.5 Å². The summed E-state index contributed by atoms with van der Waals surface area (Å²) in [5, 5.41) is 0. The Hall–Kier alpha value is -1.88. The fraction of sp³-hybridized carbons (Fsp3) is 0.680. The molecule has 1 amide bonds. The first kappa shape index (κ1) is 20.0. The summed E-state index contributed by atoms with van der Waals surface area (Å²) in [5.41, 5.74) is 2.90. The Morgan fingerprint density at radius 3 is 2.83 bits per heavy atom.